The maximum Gasteiger partial charge on any atom is 0.225 e. The third kappa shape index (κ3) is 3.89. The lowest BCUT2D eigenvalue weighted by atomic mass is 10.0. The molecule has 1 amide bonds. The normalized spacial score (nSPS) is 19.6. The van der Waals surface area contributed by atoms with Gasteiger partial charge in [-0.25, -0.2) is 4.39 Å². The van der Waals surface area contributed by atoms with Crippen LogP contribution in [0.3, 0.4) is 0 Å². The molecule has 0 bridgehead atoms. The summed E-state index contributed by atoms with van der Waals surface area (Å²) in [6.07, 6.45) is 2.35. The van der Waals surface area contributed by atoms with Gasteiger partial charge >= 0.3 is 0 Å². The molecule has 1 unspecified atom stereocenters. The molecule has 0 radical (unpaired) electrons. The van der Waals surface area contributed by atoms with E-state index in [0.717, 1.165) is 18.5 Å². The van der Waals surface area contributed by atoms with Crippen LogP contribution in [0.1, 0.15) is 26.2 Å². The van der Waals surface area contributed by atoms with Crippen LogP contribution in [-0.2, 0) is 9.59 Å². The summed E-state index contributed by atoms with van der Waals surface area (Å²) in [5.74, 6) is 0.0502. The van der Waals surface area contributed by atoms with Crippen LogP contribution >= 0.6 is 0 Å². The van der Waals surface area contributed by atoms with E-state index < -0.39 is 0 Å². The van der Waals surface area contributed by atoms with E-state index in [4.69, 9.17) is 0 Å². The Morgan fingerprint density at radius 1 is 1.22 bits per heavy atom. The highest BCUT2D eigenvalue weighted by atomic mass is 19.1. The SMILES string of the molecule is CC(CC(=O)C1CC1)C(=O)N1CCN(c2cccc(F)c2)CC1. The largest absolute Gasteiger partial charge is 0.368 e. The van der Waals surface area contributed by atoms with Crippen LogP contribution in [0.5, 0.6) is 0 Å². The highest BCUT2D eigenvalue weighted by molar-refractivity contribution is 5.89. The maximum atomic E-state index is 13.3. The van der Waals surface area contributed by atoms with E-state index in [-0.39, 0.29) is 29.3 Å². The Kier molecular flexibility index (Phi) is 4.64. The molecule has 23 heavy (non-hydrogen) atoms. The first kappa shape index (κ1) is 16.0. The molecule has 1 atom stereocenters. The second-order valence-corrected chi connectivity index (χ2v) is 6.64. The summed E-state index contributed by atoms with van der Waals surface area (Å²) in [4.78, 5) is 28.3. The Balaban J connectivity index is 1.51. The van der Waals surface area contributed by atoms with Crippen LogP contribution in [0, 0.1) is 17.7 Å². The van der Waals surface area contributed by atoms with Crippen LogP contribution in [-0.4, -0.2) is 42.8 Å². The van der Waals surface area contributed by atoms with Gasteiger partial charge in [-0.1, -0.05) is 13.0 Å². The highest BCUT2D eigenvalue weighted by Gasteiger charge is 2.33. The van der Waals surface area contributed by atoms with E-state index in [9.17, 15) is 14.0 Å². The molecule has 1 heterocycles. The molecule has 5 heteroatoms. The zero-order chi connectivity index (χ0) is 16.4. The molecule has 3 rings (SSSR count). The lowest BCUT2D eigenvalue weighted by Crippen LogP contribution is -2.50. The van der Waals surface area contributed by atoms with Gasteiger partial charge in [0.2, 0.25) is 5.91 Å². The fourth-order valence-electron chi connectivity index (χ4n) is 3.13. The predicted molar refractivity (Wildman–Crippen MR) is 86.7 cm³/mol. The van der Waals surface area contributed by atoms with Crippen LogP contribution in [0.15, 0.2) is 24.3 Å². The molecule has 0 N–H and O–H groups in total. The lowest BCUT2D eigenvalue weighted by Gasteiger charge is -2.37. The fourth-order valence-corrected chi connectivity index (χ4v) is 3.13. The van der Waals surface area contributed by atoms with E-state index >= 15 is 0 Å². The van der Waals surface area contributed by atoms with Gasteiger partial charge in [0.05, 0.1) is 0 Å². The molecule has 1 saturated heterocycles. The number of hydrogen-bond acceptors (Lipinski definition) is 3. The average Bonchev–Trinajstić information content (AvgIpc) is 3.39. The minimum Gasteiger partial charge on any atom is -0.368 e. The standard InChI is InChI=1S/C18H23FN2O2/c1-13(11-17(22)14-5-6-14)18(23)21-9-7-20(8-10-21)16-4-2-3-15(19)12-16/h2-4,12-14H,5-11H2,1H3. The van der Waals surface area contributed by atoms with Crippen molar-refractivity contribution in [2.24, 2.45) is 11.8 Å². The van der Waals surface area contributed by atoms with Gasteiger partial charge in [0.1, 0.15) is 11.6 Å². The predicted octanol–water partition coefficient (Wildman–Crippen LogP) is 2.48. The van der Waals surface area contributed by atoms with Crippen molar-refractivity contribution in [2.75, 3.05) is 31.1 Å². The summed E-state index contributed by atoms with van der Waals surface area (Å²) in [6, 6.07) is 6.54. The number of rotatable bonds is 5. The number of amides is 1. The maximum absolute atomic E-state index is 13.3. The zero-order valence-electron chi connectivity index (χ0n) is 13.5. The van der Waals surface area contributed by atoms with Crippen molar-refractivity contribution in [2.45, 2.75) is 26.2 Å². The van der Waals surface area contributed by atoms with Gasteiger partial charge in [-0.05, 0) is 31.0 Å². The van der Waals surface area contributed by atoms with E-state index in [0.29, 0.717) is 32.6 Å². The molecular formula is C18H23FN2O2. The van der Waals surface area contributed by atoms with Crippen molar-refractivity contribution < 1.29 is 14.0 Å². The number of carbonyl (C=O) groups excluding carboxylic acids is 2. The fraction of sp³-hybridized carbons (Fsp3) is 0.556. The van der Waals surface area contributed by atoms with Crippen molar-refractivity contribution >= 4 is 17.4 Å². The van der Waals surface area contributed by atoms with E-state index in [1.807, 2.05) is 17.9 Å². The Morgan fingerprint density at radius 2 is 1.91 bits per heavy atom. The molecule has 1 aromatic rings. The summed E-state index contributed by atoms with van der Waals surface area (Å²) in [5.41, 5.74) is 0.856. The van der Waals surface area contributed by atoms with Crippen molar-refractivity contribution in [3.8, 4) is 0 Å². The first-order valence-electron chi connectivity index (χ1n) is 8.36. The van der Waals surface area contributed by atoms with Crippen molar-refractivity contribution in [1.29, 1.82) is 0 Å². The van der Waals surface area contributed by atoms with E-state index in [2.05, 4.69) is 4.90 Å². The van der Waals surface area contributed by atoms with E-state index in [1.54, 1.807) is 6.07 Å². The Labute approximate surface area is 136 Å². The monoisotopic (exact) mass is 318 g/mol. The number of halogens is 1. The van der Waals surface area contributed by atoms with Crippen molar-refractivity contribution in [1.82, 2.24) is 4.90 Å². The Hall–Kier alpha value is -1.91. The number of piperazine rings is 1. The van der Waals surface area contributed by atoms with Gasteiger partial charge in [0.15, 0.2) is 0 Å². The summed E-state index contributed by atoms with van der Waals surface area (Å²) >= 11 is 0. The molecule has 124 valence electrons. The number of anilines is 1. The number of hydrogen-bond donors (Lipinski definition) is 0. The van der Waals surface area contributed by atoms with Gasteiger partial charge < -0.3 is 9.80 Å². The quantitative estimate of drug-likeness (QED) is 0.837. The molecule has 1 aromatic carbocycles. The molecular weight excluding hydrogens is 295 g/mol. The molecule has 2 aliphatic rings. The second kappa shape index (κ2) is 6.69. The van der Waals surface area contributed by atoms with Crippen molar-refractivity contribution in [3.05, 3.63) is 30.1 Å². The van der Waals surface area contributed by atoms with Gasteiger partial charge in [-0.2, -0.15) is 0 Å². The Bertz CT molecular complexity index is 592. The summed E-state index contributed by atoms with van der Waals surface area (Å²) in [5, 5.41) is 0. The molecule has 0 aromatic heterocycles. The van der Waals surface area contributed by atoms with Crippen LogP contribution in [0.25, 0.3) is 0 Å². The molecule has 1 aliphatic carbocycles. The first-order chi connectivity index (χ1) is 11.0. The van der Waals surface area contributed by atoms with E-state index in [1.165, 1.54) is 12.1 Å². The van der Waals surface area contributed by atoms with Crippen LogP contribution in [0.2, 0.25) is 0 Å². The number of carbonyl (C=O) groups is 2. The molecule has 1 aliphatic heterocycles. The number of nitrogens with zero attached hydrogens (tertiary/aromatic N) is 2. The molecule has 2 fully saturated rings. The third-order valence-electron chi connectivity index (χ3n) is 4.73. The second-order valence-electron chi connectivity index (χ2n) is 6.64. The van der Waals surface area contributed by atoms with Gasteiger partial charge in [0, 0.05) is 50.1 Å². The topological polar surface area (TPSA) is 40.6 Å². The molecule has 0 spiro atoms. The number of Topliss-reactive ketones (excluding diaryl/α,β-unsaturated/α-hetero) is 1. The summed E-state index contributed by atoms with van der Waals surface area (Å²) in [6.45, 7) is 4.48. The molecule has 1 saturated carbocycles. The third-order valence-corrected chi connectivity index (χ3v) is 4.73. The molecule has 4 nitrogen and oxygen atoms in total. The summed E-state index contributed by atoms with van der Waals surface area (Å²) in [7, 11) is 0. The Morgan fingerprint density at radius 3 is 2.52 bits per heavy atom. The number of ketones is 1. The van der Waals surface area contributed by atoms with Gasteiger partial charge in [-0.3, -0.25) is 9.59 Å². The number of benzene rings is 1. The van der Waals surface area contributed by atoms with Crippen LogP contribution in [0.4, 0.5) is 10.1 Å². The summed E-state index contributed by atoms with van der Waals surface area (Å²) < 4.78 is 13.3. The van der Waals surface area contributed by atoms with Gasteiger partial charge in [0.25, 0.3) is 0 Å². The average molecular weight is 318 g/mol. The van der Waals surface area contributed by atoms with Gasteiger partial charge in [-0.15, -0.1) is 0 Å². The lowest BCUT2D eigenvalue weighted by molar-refractivity contribution is -0.137. The minimum atomic E-state index is -0.242. The van der Waals surface area contributed by atoms with Crippen LogP contribution < -0.4 is 4.90 Å². The smallest absolute Gasteiger partial charge is 0.225 e. The zero-order valence-corrected chi connectivity index (χ0v) is 13.5. The highest BCUT2D eigenvalue weighted by Crippen LogP contribution is 2.32. The first-order valence-corrected chi connectivity index (χ1v) is 8.36. The minimum absolute atomic E-state index is 0.0675. The van der Waals surface area contributed by atoms with Crippen molar-refractivity contribution in [3.63, 3.8) is 0 Å².